The Hall–Kier alpha value is -5.01. The highest BCUT2D eigenvalue weighted by molar-refractivity contribution is 6.42. The third-order valence-corrected chi connectivity index (χ3v) is 7.23. The molecule has 46 heavy (non-hydrogen) atoms. The molecule has 0 aliphatic heterocycles. The first-order chi connectivity index (χ1) is 21.7. The first-order valence-electron chi connectivity index (χ1n) is 12.7. The number of carbonyl (C=O) groups is 3. The Morgan fingerprint density at radius 1 is 0.652 bits per heavy atom. The number of hydrogen-bond acceptors (Lipinski definition) is 8. The van der Waals surface area contributed by atoms with E-state index in [2.05, 4.69) is 10.6 Å². The predicted molar refractivity (Wildman–Crippen MR) is 176 cm³/mol. The highest BCUT2D eigenvalue weighted by atomic mass is 35.5. The number of aliphatic hydroxyl groups excluding tert-OH is 1. The summed E-state index contributed by atoms with van der Waals surface area (Å²) in [6.07, 6.45) is 0.571. The SMILES string of the molecule is O=C(/C=C(\O)c1ccc([N+](=O)[O-])cc1)Nc1ccc(Cl)c(Cl)c1.O=C(CC(=O)c1ccc([N+](=O)[O-])cc1)Nc1ccc(Cl)c(Cl)c1. The van der Waals surface area contributed by atoms with E-state index in [1.165, 1.54) is 72.8 Å². The molecule has 4 aromatic rings. The van der Waals surface area contributed by atoms with Crippen LogP contribution in [0.15, 0.2) is 91.0 Å². The largest absolute Gasteiger partial charge is 0.507 e. The topological polar surface area (TPSA) is 182 Å². The number of nitro benzene ring substituents is 2. The summed E-state index contributed by atoms with van der Waals surface area (Å²) >= 11 is 23.2. The summed E-state index contributed by atoms with van der Waals surface area (Å²) in [7, 11) is 0. The molecule has 4 aromatic carbocycles. The van der Waals surface area contributed by atoms with Gasteiger partial charge in [-0.3, -0.25) is 34.6 Å². The van der Waals surface area contributed by atoms with Crippen LogP contribution >= 0.6 is 46.4 Å². The maximum absolute atomic E-state index is 12.0. The summed E-state index contributed by atoms with van der Waals surface area (Å²) in [4.78, 5) is 55.6. The van der Waals surface area contributed by atoms with Crippen LogP contribution < -0.4 is 10.6 Å². The standard InChI is InChI=1S/2C15H10Cl2N2O4/c2*16-12-6-3-10(7-13(12)17)18-15(21)8-14(20)9-1-4-11(5-2-9)19(22)23/h1-7H,8H2,(H,18,21);1-8,20H,(H,18,21)/b;14-8-. The minimum atomic E-state index is -0.584. The number of halogens is 4. The van der Waals surface area contributed by atoms with Crippen LogP contribution in [0.1, 0.15) is 22.3 Å². The number of Topliss-reactive ketones (excluding diaryl/α,β-unsaturated/α-hetero) is 1. The lowest BCUT2D eigenvalue weighted by atomic mass is 10.1. The van der Waals surface area contributed by atoms with Crippen molar-refractivity contribution < 1.29 is 29.3 Å². The maximum Gasteiger partial charge on any atom is 0.269 e. The van der Waals surface area contributed by atoms with Crippen LogP contribution in [-0.2, 0) is 9.59 Å². The van der Waals surface area contributed by atoms with Gasteiger partial charge in [0, 0.05) is 52.8 Å². The second kappa shape index (κ2) is 16.3. The van der Waals surface area contributed by atoms with E-state index in [1.807, 2.05) is 0 Å². The number of anilines is 2. The number of amides is 2. The van der Waals surface area contributed by atoms with E-state index in [9.17, 15) is 39.7 Å². The molecule has 0 bridgehead atoms. The van der Waals surface area contributed by atoms with Crippen molar-refractivity contribution in [1.29, 1.82) is 0 Å². The summed E-state index contributed by atoms with van der Waals surface area (Å²) < 4.78 is 0. The summed E-state index contributed by atoms with van der Waals surface area (Å²) in [5.41, 5.74) is 1.10. The van der Waals surface area contributed by atoms with Crippen molar-refractivity contribution in [3.63, 3.8) is 0 Å². The average Bonchev–Trinajstić information content (AvgIpc) is 3.01. The van der Waals surface area contributed by atoms with Crippen LogP contribution in [0.3, 0.4) is 0 Å². The molecular formula is C30H20Cl4N4O8. The molecule has 12 nitrogen and oxygen atoms in total. The third-order valence-electron chi connectivity index (χ3n) is 5.75. The zero-order chi connectivity index (χ0) is 34.0. The summed E-state index contributed by atoms with van der Waals surface area (Å²) in [6, 6.07) is 19.3. The van der Waals surface area contributed by atoms with Crippen molar-refractivity contribution >= 4 is 92.5 Å². The first kappa shape index (κ1) is 35.5. The second-order valence-electron chi connectivity index (χ2n) is 9.03. The lowest BCUT2D eigenvalue weighted by Gasteiger charge is -2.06. The van der Waals surface area contributed by atoms with Crippen molar-refractivity contribution in [3.05, 3.63) is 142 Å². The maximum atomic E-state index is 12.0. The Kier molecular flexibility index (Phi) is 12.6. The molecule has 4 rings (SSSR count). The minimum absolute atomic E-state index is 0.109. The van der Waals surface area contributed by atoms with Crippen LogP contribution in [0.5, 0.6) is 0 Å². The number of aliphatic hydroxyl groups is 1. The molecule has 2 amide bonds. The molecule has 0 aliphatic carbocycles. The fourth-order valence-corrected chi connectivity index (χ4v) is 4.11. The number of nitro groups is 2. The van der Waals surface area contributed by atoms with Crippen LogP contribution in [0.4, 0.5) is 22.7 Å². The van der Waals surface area contributed by atoms with Gasteiger partial charge in [-0.2, -0.15) is 0 Å². The minimum Gasteiger partial charge on any atom is -0.507 e. The summed E-state index contributed by atoms with van der Waals surface area (Å²) in [6.45, 7) is 0. The Balaban J connectivity index is 0.000000250. The molecule has 0 fully saturated rings. The van der Waals surface area contributed by atoms with Gasteiger partial charge in [-0.05, 0) is 60.7 Å². The molecule has 3 N–H and O–H groups in total. The summed E-state index contributed by atoms with van der Waals surface area (Å²) in [5.74, 6) is -1.87. The van der Waals surface area contributed by atoms with E-state index < -0.39 is 33.9 Å². The van der Waals surface area contributed by atoms with Crippen LogP contribution in [0, 0.1) is 20.2 Å². The number of ketones is 1. The lowest BCUT2D eigenvalue weighted by molar-refractivity contribution is -0.385. The Bertz CT molecular complexity index is 1830. The molecule has 0 saturated carbocycles. The molecule has 16 heteroatoms. The Morgan fingerprint density at radius 2 is 1.09 bits per heavy atom. The van der Waals surface area contributed by atoms with Gasteiger partial charge in [-0.15, -0.1) is 0 Å². The highest BCUT2D eigenvalue weighted by Gasteiger charge is 2.14. The smallest absolute Gasteiger partial charge is 0.269 e. The normalized spacial score (nSPS) is 10.7. The first-order valence-corrected chi connectivity index (χ1v) is 14.2. The fraction of sp³-hybridized carbons (Fsp3) is 0.0333. The summed E-state index contributed by atoms with van der Waals surface area (Å²) in [5, 5.41) is 37.3. The molecule has 0 heterocycles. The number of nitrogens with zero attached hydrogens (tertiary/aromatic N) is 2. The zero-order valence-corrected chi connectivity index (χ0v) is 26.1. The van der Waals surface area contributed by atoms with E-state index in [4.69, 9.17) is 46.4 Å². The van der Waals surface area contributed by atoms with Crippen molar-refractivity contribution in [2.45, 2.75) is 6.42 Å². The van der Waals surface area contributed by atoms with Crippen molar-refractivity contribution in [2.24, 2.45) is 0 Å². The molecule has 0 saturated heterocycles. The predicted octanol–water partition coefficient (Wildman–Crippen LogP) is 8.55. The Labute approximate surface area is 280 Å². The number of benzene rings is 4. The van der Waals surface area contributed by atoms with Gasteiger partial charge in [0.1, 0.15) is 5.76 Å². The van der Waals surface area contributed by atoms with E-state index in [0.29, 0.717) is 21.4 Å². The van der Waals surface area contributed by atoms with Gasteiger partial charge in [-0.25, -0.2) is 0 Å². The van der Waals surface area contributed by atoms with Gasteiger partial charge < -0.3 is 15.7 Å². The van der Waals surface area contributed by atoms with Gasteiger partial charge >= 0.3 is 0 Å². The monoisotopic (exact) mass is 704 g/mol. The lowest BCUT2D eigenvalue weighted by Crippen LogP contribution is -2.16. The van der Waals surface area contributed by atoms with Crippen LogP contribution in [0.2, 0.25) is 20.1 Å². The van der Waals surface area contributed by atoms with Gasteiger partial charge in [0.25, 0.3) is 17.3 Å². The average molecular weight is 706 g/mol. The third kappa shape index (κ3) is 10.6. The molecule has 0 atom stereocenters. The van der Waals surface area contributed by atoms with Gasteiger partial charge in [0.05, 0.1) is 36.4 Å². The molecule has 0 unspecified atom stereocenters. The van der Waals surface area contributed by atoms with E-state index >= 15 is 0 Å². The van der Waals surface area contributed by atoms with Crippen molar-refractivity contribution in [1.82, 2.24) is 0 Å². The van der Waals surface area contributed by atoms with E-state index in [1.54, 1.807) is 12.1 Å². The number of rotatable bonds is 9. The molecule has 0 spiro atoms. The second-order valence-corrected chi connectivity index (χ2v) is 10.7. The Morgan fingerprint density at radius 3 is 1.52 bits per heavy atom. The fourth-order valence-electron chi connectivity index (χ4n) is 3.51. The van der Waals surface area contributed by atoms with E-state index in [0.717, 1.165) is 6.08 Å². The van der Waals surface area contributed by atoms with Crippen molar-refractivity contribution in [3.8, 4) is 0 Å². The molecular weight excluding hydrogens is 686 g/mol. The number of non-ortho nitro benzene ring substituents is 2. The quantitative estimate of drug-likeness (QED) is 0.0386. The van der Waals surface area contributed by atoms with Crippen LogP contribution in [-0.4, -0.2) is 32.6 Å². The zero-order valence-electron chi connectivity index (χ0n) is 23.1. The molecule has 0 radical (unpaired) electrons. The number of carbonyl (C=O) groups excluding carboxylic acids is 3. The molecule has 236 valence electrons. The molecule has 0 aromatic heterocycles. The van der Waals surface area contributed by atoms with Gasteiger partial charge in [-0.1, -0.05) is 46.4 Å². The molecule has 0 aliphatic rings. The van der Waals surface area contributed by atoms with Gasteiger partial charge in [0.15, 0.2) is 5.78 Å². The number of nitrogens with one attached hydrogen (secondary N) is 2. The highest BCUT2D eigenvalue weighted by Crippen LogP contribution is 2.26. The van der Waals surface area contributed by atoms with Gasteiger partial charge in [0.2, 0.25) is 5.91 Å². The van der Waals surface area contributed by atoms with E-state index in [-0.39, 0.29) is 38.3 Å². The number of hydrogen-bond donors (Lipinski definition) is 3. The van der Waals surface area contributed by atoms with Crippen LogP contribution in [0.25, 0.3) is 5.76 Å². The van der Waals surface area contributed by atoms with Crippen molar-refractivity contribution in [2.75, 3.05) is 10.6 Å².